The molecular formula is C17H16N2O. The molecule has 0 saturated carbocycles. The van der Waals surface area contributed by atoms with Crippen LogP contribution in [0.2, 0.25) is 0 Å². The molecule has 0 amide bonds. The summed E-state index contributed by atoms with van der Waals surface area (Å²) in [5.74, 6) is 0.753. The van der Waals surface area contributed by atoms with Gasteiger partial charge in [-0.25, -0.2) is 4.98 Å². The molecule has 0 atom stereocenters. The Morgan fingerprint density at radius 3 is 2.75 bits per heavy atom. The molecule has 1 N–H and O–H groups in total. The second kappa shape index (κ2) is 5.29. The van der Waals surface area contributed by atoms with Crippen molar-refractivity contribution in [3.05, 3.63) is 64.7 Å². The number of aromatic nitrogens is 2. The molecule has 1 heterocycles. The van der Waals surface area contributed by atoms with Gasteiger partial charge in [0.1, 0.15) is 5.82 Å². The van der Waals surface area contributed by atoms with Gasteiger partial charge in [0.05, 0.1) is 5.69 Å². The minimum Gasteiger partial charge on any atom is -0.311 e. The molecular weight excluding hydrogens is 248 g/mol. The normalized spacial score (nSPS) is 10.8. The summed E-state index contributed by atoms with van der Waals surface area (Å²) in [5, 5.41) is 2.28. The highest BCUT2D eigenvalue weighted by Gasteiger charge is 2.07. The SMILES string of the molecule is CCCc1nc(-c2cccc3ccccc23)cc(=O)[nH]1. The highest BCUT2D eigenvalue weighted by Crippen LogP contribution is 2.26. The molecule has 100 valence electrons. The summed E-state index contributed by atoms with van der Waals surface area (Å²) in [6.07, 6.45) is 1.75. The van der Waals surface area contributed by atoms with Crippen LogP contribution in [-0.4, -0.2) is 9.97 Å². The highest BCUT2D eigenvalue weighted by atomic mass is 16.1. The van der Waals surface area contributed by atoms with Crippen LogP contribution in [0, 0.1) is 0 Å². The molecule has 0 fully saturated rings. The largest absolute Gasteiger partial charge is 0.311 e. The fourth-order valence-corrected chi connectivity index (χ4v) is 2.45. The van der Waals surface area contributed by atoms with Gasteiger partial charge in [-0.15, -0.1) is 0 Å². The Balaban J connectivity index is 2.23. The van der Waals surface area contributed by atoms with Gasteiger partial charge in [0, 0.05) is 18.1 Å². The fourth-order valence-electron chi connectivity index (χ4n) is 2.45. The Morgan fingerprint density at radius 1 is 1.10 bits per heavy atom. The number of aromatic amines is 1. The van der Waals surface area contributed by atoms with Crippen molar-refractivity contribution in [2.24, 2.45) is 0 Å². The lowest BCUT2D eigenvalue weighted by molar-refractivity contribution is 0.828. The number of rotatable bonds is 3. The molecule has 0 aliphatic heterocycles. The monoisotopic (exact) mass is 264 g/mol. The molecule has 20 heavy (non-hydrogen) atoms. The van der Waals surface area contributed by atoms with Crippen LogP contribution >= 0.6 is 0 Å². The summed E-state index contributed by atoms with van der Waals surface area (Å²) in [5.41, 5.74) is 1.66. The van der Waals surface area contributed by atoms with E-state index in [0.717, 1.165) is 40.7 Å². The predicted octanol–water partition coefficient (Wildman–Crippen LogP) is 3.54. The highest BCUT2D eigenvalue weighted by molar-refractivity contribution is 5.95. The zero-order valence-electron chi connectivity index (χ0n) is 11.4. The molecule has 1 aromatic heterocycles. The second-order valence-electron chi connectivity index (χ2n) is 4.85. The number of nitrogens with zero attached hydrogens (tertiary/aromatic N) is 1. The van der Waals surface area contributed by atoms with E-state index in [0.29, 0.717) is 0 Å². The van der Waals surface area contributed by atoms with Crippen molar-refractivity contribution in [2.75, 3.05) is 0 Å². The number of nitrogens with one attached hydrogen (secondary N) is 1. The molecule has 0 radical (unpaired) electrons. The van der Waals surface area contributed by atoms with Crippen LogP contribution in [0.1, 0.15) is 19.2 Å². The summed E-state index contributed by atoms with van der Waals surface area (Å²) in [6.45, 7) is 2.07. The van der Waals surface area contributed by atoms with Gasteiger partial charge in [0.2, 0.25) is 0 Å². The van der Waals surface area contributed by atoms with Gasteiger partial charge < -0.3 is 4.98 Å². The predicted molar refractivity (Wildman–Crippen MR) is 81.8 cm³/mol. The summed E-state index contributed by atoms with van der Waals surface area (Å²) < 4.78 is 0. The van der Waals surface area contributed by atoms with Crippen LogP contribution in [0.5, 0.6) is 0 Å². The van der Waals surface area contributed by atoms with Gasteiger partial charge in [-0.3, -0.25) is 4.79 Å². The Kier molecular flexibility index (Phi) is 3.33. The van der Waals surface area contributed by atoms with Crippen molar-refractivity contribution in [3.63, 3.8) is 0 Å². The van der Waals surface area contributed by atoms with Crippen molar-refractivity contribution < 1.29 is 0 Å². The molecule has 2 aromatic carbocycles. The first-order valence-corrected chi connectivity index (χ1v) is 6.86. The first-order chi connectivity index (χ1) is 9.78. The maximum absolute atomic E-state index is 11.8. The van der Waals surface area contributed by atoms with Crippen molar-refractivity contribution in [1.29, 1.82) is 0 Å². The van der Waals surface area contributed by atoms with E-state index in [2.05, 4.69) is 35.1 Å². The van der Waals surface area contributed by atoms with Crippen molar-refractivity contribution in [1.82, 2.24) is 9.97 Å². The lowest BCUT2D eigenvalue weighted by Gasteiger charge is -2.07. The molecule has 3 nitrogen and oxygen atoms in total. The fraction of sp³-hybridized carbons (Fsp3) is 0.176. The molecule has 0 unspecified atom stereocenters. The second-order valence-corrected chi connectivity index (χ2v) is 4.85. The smallest absolute Gasteiger partial charge is 0.251 e. The average Bonchev–Trinajstić information content (AvgIpc) is 2.46. The first kappa shape index (κ1) is 12.6. The van der Waals surface area contributed by atoms with Crippen LogP contribution in [0.25, 0.3) is 22.0 Å². The van der Waals surface area contributed by atoms with Gasteiger partial charge in [-0.05, 0) is 17.2 Å². The minimum absolute atomic E-state index is 0.0913. The number of benzene rings is 2. The first-order valence-electron chi connectivity index (χ1n) is 6.86. The van der Waals surface area contributed by atoms with Crippen molar-refractivity contribution in [3.8, 4) is 11.3 Å². The van der Waals surface area contributed by atoms with E-state index in [4.69, 9.17) is 0 Å². The zero-order chi connectivity index (χ0) is 13.9. The number of aryl methyl sites for hydroxylation is 1. The van der Waals surface area contributed by atoms with E-state index >= 15 is 0 Å². The quantitative estimate of drug-likeness (QED) is 0.786. The zero-order valence-corrected chi connectivity index (χ0v) is 11.4. The maximum Gasteiger partial charge on any atom is 0.251 e. The third-order valence-corrected chi connectivity index (χ3v) is 3.34. The summed E-state index contributed by atoms with van der Waals surface area (Å²) in [7, 11) is 0. The molecule has 0 spiro atoms. The van der Waals surface area contributed by atoms with Crippen LogP contribution in [0.4, 0.5) is 0 Å². The molecule has 0 bridgehead atoms. The molecule has 3 aromatic rings. The van der Waals surface area contributed by atoms with E-state index in [-0.39, 0.29) is 5.56 Å². The van der Waals surface area contributed by atoms with Crippen LogP contribution in [0.3, 0.4) is 0 Å². The molecule has 3 heteroatoms. The standard InChI is InChI=1S/C17H16N2O/c1-2-6-16-18-15(11-17(20)19-16)14-10-5-8-12-7-3-4-9-13(12)14/h3-5,7-11H,2,6H2,1H3,(H,18,19,20). The third kappa shape index (κ3) is 2.35. The van der Waals surface area contributed by atoms with E-state index in [1.165, 1.54) is 0 Å². The van der Waals surface area contributed by atoms with Gasteiger partial charge in [-0.2, -0.15) is 0 Å². The van der Waals surface area contributed by atoms with Crippen LogP contribution in [0.15, 0.2) is 53.3 Å². The Hall–Kier alpha value is -2.42. The summed E-state index contributed by atoms with van der Waals surface area (Å²) in [6, 6.07) is 15.8. The van der Waals surface area contributed by atoms with Gasteiger partial charge in [0.15, 0.2) is 0 Å². The molecule has 0 aliphatic carbocycles. The van der Waals surface area contributed by atoms with E-state index in [1.54, 1.807) is 6.07 Å². The molecule has 0 aliphatic rings. The number of H-pyrrole nitrogens is 1. The van der Waals surface area contributed by atoms with E-state index in [1.807, 2.05) is 24.3 Å². The van der Waals surface area contributed by atoms with Crippen LogP contribution < -0.4 is 5.56 Å². The summed E-state index contributed by atoms with van der Waals surface area (Å²) in [4.78, 5) is 19.2. The molecule has 0 saturated heterocycles. The van der Waals surface area contributed by atoms with Crippen LogP contribution in [-0.2, 0) is 6.42 Å². The van der Waals surface area contributed by atoms with Gasteiger partial charge in [0.25, 0.3) is 5.56 Å². The number of hydrogen-bond donors (Lipinski definition) is 1. The van der Waals surface area contributed by atoms with E-state index < -0.39 is 0 Å². The van der Waals surface area contributed by atoms with Crippen molar-refractivity contribution in [2.45, 2.75) is 19.8 Å². The topological polar surface area (TPSA) is 45.8 Å². The molecule has 3 rings (SSSR count). The van der Waals surface area contributed by atoms with Gasteiger partial charge in [-0.1, -0.05) is 49.4 Å². The van der Waals surface area contributed by atoms with E-state index in [9.17, 15) is 4.79 Å². The average molecular weight is 264 g/mol. The minimum atomic E-state index is -0.0913. The Morgan fingerprint density at radius 2 is 1.90 bits per heavy atom. The van der Waals surface area contributed by atoms with Gasteiger partial charge >= 0.3 is 0 Å². The number of fused-ring (bicyclic) bond motifs is 1. The maximum atomic E-state index is 11.8. The third-order valence-electron chi connectivity index (χ3n) is 3.34. The number of hydrogen-bond acceptors (Lipinski definition) is 2. The lowest BCUT2D eigenvalue weighted by atomic mass is 10.0. The Labute approximate surface area is 117 Å². The van der Waals surface area contributed by atoms with Crippen molar-refractivity contribution >= 4 is 10.8 Å². The summed E-state index contributed by atoms with van der Waals surface area (Å²) >= 11 is 0. The lowest BCUT2D eigenvalue weighted by Crippen LogP contribution is -2.11. The Bertz CT molecular complexity index is 800.